The highest BCUT2D eigenvalue weighted by atomic mass is 16.5. The molecule has 6 heteroatoms. The number of hydrogen-bond acceptors (Lipinski definition) is 4. The van der Waals surface area contributed by atoms with E-state index in [4.69, 9.17) is 14.2 Å². The van der Waals surface area contributed by atoms with E-state index in [1.165, 1.54) is 0 Å². The molecule has 19 heavy (non-hydrogen) atoms. The van der Waals surface area contributed by atoms with Crippen LogP contribution in [0.25, 0.3) is 0 Å². The average molecular weight is 266 g/mol. The summed E-state index contributed by atoms with van der Waals surface area (Å²) >= 11 is 0. The molecular formula is C13H18N2O4. The Morgan fingerprint density at radius 2 is 1.79 bits per heavy atom. The third-order valence-corrected chi connectivity index (χ3v) is 2.96. The van der Waals surface area contributed by atoms with Gasteiger partial charge in [-0.25, -0.2) is 4.79 Å². The largest absolute Gasteiger partial charge is 0.494 e. The number of nitrogens with zero attached hydrogens (tertiary/aromatic N) is 1. The Balaban J connectivity index is 2.15. The molecule has 2 amide bonds. The molecule has 0 aliphatic carbocycles. The van der Waals surface area contributed by atoms with Gasteiger partial charge in [0.25, 0.3) is 0 Å². The Kier molecular flexibility index (Phi) is 4.46. The second-order valence-electron chi connectivity index (χ2n) is 4.07. The molecule has 1 heterocycles. The predicted octanol–water partition coefficient (Wildman–Crippen LogP) is 1.57. The van der Waals surface area contributed by atoms with Crippen LogP contribution in [0.2, 0.25) is 0 Å². The van der Waals surface area contributed by atoms with Gasteiger partial charge in [-0.15, -0.1) is 0 Å². The summed E-state index contributed by atoms with van der Waals surface area (Å²) in [5, 5.41) is 2.83. The number of methoxy groups -OCH3 is 2. The molecule has 1 aromatic carbocycles. The number of carbonyl (C=O) groups is 1. The van der Waals surface area contributed by atoms with Crippen molar-refractivity contribution in [2.24, 2.45) is 0 Å². The number of urea groups is 1. The number of amides is 2. The van der Waals surface area contributed by atoms with Gasteiger partial charge in [0.1, 0.15) is 17.2 Å². The molecule has 0 saturated carbocycles. The number of benzene rings is 1. The standard InChI is InChI=1S/C13H18N2O4/c1-17-10-4-3-5-11(18-2)12(10)14-13(16)15-6-8-19-9-7-15/h3-5H,6-9H2,1-2H3,(H,14,16). The summed E-state index contributed by atoms with van der Waals surface area (Å²) in [6.07, 6.45) is 0. The topological polar surface area (TPSA) is 60.0 Å². The van der Waals surface area contributed by atoms with Gasteiger partial charge < -0.3 is 24.4 Å². The molecule has 1 N–H and O–H groups in total. The molecule has 6 nitrogen and oxygen atoms in total. The van der Waals surface area contributed by atoms with Crippen molar-refractivity contribution < 1.29 is 19.0 Å². The zero-order chi connectivity index (χ0) is 13.7. The molecule has 0 radical (unpaired) electrons. The van der Waals surface area contributed by atoms with Crippen molar-refractivity contribution in [1.82, 2.24) is 4.90 Å². The fourth-order valence-corrected chi connectivity index (χ4v) is 1.93. The molecule has 1 aliphatic heterocycles. The van der Waals surface area contributed by atoms with Crippen LogP contribution in [-0.4, -0.2) is 51.5 Å². The van der Waals surface area contributed by atoms with Crippen LogP contribution >= 0.6 is 0 Å². The Hall–Kier alpha value is -1.95. The van der Waals surface area contributed by atoms with Crippen LogP contribution in [0, 0.1) is 0 Å². The number of hydrogen-bond donors (Lipinski definition) is 1. The van der Waals surface area contributed by atoms with E-state index in [0.717, 1.165) is 0 Å². The fourth-order valence-electron chi connectivity index (χ4n) is 1.93. The molecular weight excluding hydrogens is 248 g/mol. The lowest BCUT2D eigenvalue weighted by molar-refractivity contribution is 0.0564. The van der Waals surface area contributed by atoms with E-state index < -0.39 is 0 Å². The molecule has 0 spiro atoms. The summed E-state index contributed by atoms with van der Waals surface area (Å²) in [7, 11) is 3.11. The van der Waals surface area contributed by atoms with Crippen molar-refractivity contribution in [3.05, 3.63) is 18.2 Å². The van der Waals surface area contributed by atoms with Crippen molar-refractivity contribution in [3.63, 3.8) is 0 Å². The Labute approximate surface area is 112 Å². The summed E-state index contributed by atoms with van der Waals surface area (Å²) in [5.74, 6) is 1.14. The molecule has 0 unspecified atom stereocenters. The number of carbonyl (C=O) groups excluding carboxylic acids is 1. The lowest BCUT2D eigenvalue weighted by Crippen LogP contribution is -2.43. The number of morpholine rings is 1. The minimum Gasteiger partial charge on any atom is -0.494 e. The van der Waals surface area contributed by atoms with Gasteiger partial charge in [-0.2, -0.15) is 0 Å². The monoisotopic (exact) mass is 266 g/mol. The summed E-state index contributed by atoms with van der Waals surface area (Å²) < 4.78 is 15.7. The number of para-hydroxylation sites is 1. The Morgan fingerprint density at radius 1 is 1.21 bits per heavy atom. The lowest BCUT2D eigenvalue weighted by atomic mass is 10.2. The first-order chi connectivity index (χ1) is 9.26. The zero-order valence-electron chi connectivity index (χ0n) is 11.1. The molecule has 1 aromatic rings. The van der Waals surface area contributed by atoms with E-state index in [0.29, 0.717) is 43.5 Å². The maximum atomic E-state index is 12.2. The second-order valence-corrected chi connectivity index (χ2v) is 4.07. The van der Waals surface area contributed by atoms with E-state index >= 15 is 0 Å². The Bertz CT molecular complexity index is 422. The smallest absolute Gasteiger partial charge is 0.322 e. The highest BCUT2D eigenvalue weighted by Crippen LogP contribution is 2.34. The van der Waals surface area contributed by atoms with E-state index in [2.05, 4.69) is 5.32 Å². The van der Waals surface area contributed by atoms with Crippen LogP contribution in [0.4, 0.5) is 10.5 Å². The van der Waals surface area contributed by atoms with E-state index in [9.17, 15) is 4.79 Å². The van der Waals surface area contributed by atoms with Crippen LogP contribution in [0.3, 0.4) is 0 Å². The molecule has 1 fully saturated rings. The maximum Gasteiger partial charge on any atom is 0.322 e. The Morgan fingerprint density at radius 3 is 2.32 bits per heavy atom. The first-order valence-electron chi connectivity index (χ1n) is 6.11. The van der Waals surface area contributed by atoms with Crippen LogP contribution < -0.4 is 14.8 Å². The van der Waals surface area contributed by atoms with Crippen molar-refractivity contribution in [3.8, 4) is 11.5 Å². The minimum absolute atomic E-state index is 0.175. The van der Waals surface area contributed by atoms with Gasteiger partial charge in [-0.05, 0) is 12.1 Å². The van der Waals surface area contributed by atoms with Gasteiger partial charge in [0.15, 0.2) is 0 Å². The number of rotatable bonds is 3. The van der Waals surface area contributed by atoms with Crippen molar-refractivity contribution in [2.75, 3.05) is 45.8 Å². The highest BCUT2D eigenvalue weighted by molar-refractivity contribution is 5.93. The van der Waals surface area contributed by atoms with E-state index in [1.54, 1.807) is 31.3 Å². The van der Waals surface area contributed by atoms with Crippen LogP contribution in [0.15, 0.2) is 18.2 Å². The van der Waals surface area contributed by atoms with Crippen LogP contribution in [0.1, 0.15) is 0 Å². The van der Waals surface area contributed by atoms with Crippen molar-refractivity contribution in [2.45, 2.75) is 0 Å². The SMILES string of the molecule is COc1cccc(OC)c1NC(=O)N1CCOCC1. The van der Waals surface area contributed by atoms with Crippen LogP contribution in [-0.2, 0) is 4.74 Å². The third kappa shape index (κ3) is 3.08. The highest BCUT2D eigenvalue weighted by Gasteiger charge is 2.20. The van der Waals surface area contributed by atoms with Gasteiger partial charge in [0.2, 0.25) is 0 Å². The van der Waals surface area contributed by atoms with E-state index in [-0.39, 0.29) is 6.03 Å². The second kappa shape index (κ2) is 6.29. The lowest BCUT2D eigenvalue weighted by Gasteiger charge is -2.27. The summed E-state index contributed by atoms with van der Waals surface area (Å²) in [6.45, 7) is 2.31. The molecule has 0 aromatic heterocycles. The first-order valence-corrected chi connectivity index (χ1v) is 6.11. The summed E-state index contributed by atoms with van der Waals surface area (Å²) in [6, 6.07) is 5.18. The van der Waals surface area contributed by atoms with Crippen LogP contribution in [0.5, 0.6) is 11.5 Å². The zero-order valence-corrected chi connectivity index (χ0v) is 11.1. The third-order valence-electron chi connectivity index (χ3n) is 2.96. The van der Waals surface area contributed by atoms with Gasteiger partial charge in [0.05, 0.1) is 27.4 Å². The predicted molar refractivity (Wildman–Crippen MR) is 71.0 cm³/mol. The molecule has 1 saturated heterocycles. The first kappa shape index (κ1) is 13.5. The molecule has 0 atom stereocenters. The summed E-state index contributed by atoms with van der Waals surface area (Å²) in [4.78, 5) is 13.9. The average Bonchev–Trinajstić information content (AvgIpc) is 2.48. The molecule has 104 valence electrons. The normalized spacial score (nSPS) is 14.9. The molecule has 0 bridgehead atoms. The molecule has 1 aliphatic rings. The fraction of sp³-hybridized carbons (Fsp3) is 0.462. The van der Waals surface area contributed by atoms with Crippen molar-refractivity contribution >= 4 is 11.7 Å². The minimum atomic E-state index is -0.175. The van der Waals surface area contributed by atoms with Crippen molar-refractivity contribution in [1.29, 1.82) is 0 Å². The maximum absolute atomic E-state index is 12.2. The summed E-state index contributed by atoms with van der Waals surface area (Å²) in [5.41, 5.74) is 0.545. The van der Waals surface area contributed by atoms with Gasteiger partial charge in [0, 0.05) is 13.1 Å². The van der Waals surface area contributed by atoms with Gasteiger partial charge in [-0.3, -0.25) is 0 Å². The number of ether oxygens (including phenoxy) is 3. The van der Waals surface area contributed by atoms with E-state index in [1.807, 2.05) is 6.07 Å². The van der Waals surface area contributed by atoms with Gasteiger partial charge in [-0.1, -0.05) is 6.07 Å². The quantitative estimate of drug-likeness (QED) is 0.902. The number of nitrogens with one attached hydrogen (secondary N) is 1. The number of anilines is 1. The molecule has 2 rings (SSSR count). The van der Waals surface area contributed by atoms with Gasteiger partial charge >= 0.3 is 6.03 Å².